The maximum absolute atomic E-state index is 10.6. The highest BCUT2D eigenvalue weighted by Gasteiger charge is 2.23. The molecule has 0 bridgehead atoms. The van der Waals surface area contributed by atoms with E-state index in [0.717, 1.165) is 12.1 Å². The second-order valence-corrected chi connectivity index (χ2v) is 6.15. The molecule has 124 valence electrons. The molecule has 0 amide bonds. The van der Waals surface area contributed by atoms with Crippen LogP contribution in [0.1, 0.15) is 33.3 Å². The summed E-state index contributed by atoms with van der Waals surface area (Å²) in [4.78, 5) is 4.51. The van der Waals surface area contributed by atoms with Gasteiger partial charge in [-0.1, -0.05) is 30.3 Å². The van der Waals surface area contributed by atoms with Crippen LogP contribution in [0.2, 0.25) is 0 Å². The summed E-state index contributed by atoms with van der Waals surface area (Å²) < 4.78 is 5.37. The molecule has 5 nitrogen and oxygen atoms in total. The molecule has 0 radical (unpaired) electrons. The summed E-state index contributed by atoms with van der Waals surface area (Å²) in [6.45, 7) is 9.43. The zero-order valence-corrected chi connectivity index (χ0v) is 14.3. The molecular formula is C17H29N3O2. The Morgan fingerprint density at radius 1 is 1.18 bits per heavy atom. The van der Waals surface area contributed by atoms with E-state index in [2.05, 4.69) is 15.6 Å². The molecule has 3 N–H and O–H groups in total. The number of nitrogens with zero attached hydrogens (tertiary/aromatic N) is 1. The van der Waals surface area contributed by atoms with Gasteiger partial charge in [-0.15, -0.1) is 0 Å². The molecule has 0 aliphatic rings. The van der Waals surface area contributed by atoms with Gasteiger partial charge in [0, 0.05) is 13.7 Å². The van der Waals surface area contributed by atoms with E-state index in [9.17, 15) is 5.11 Å². The molecule has 1 aromatic rings. The van der Waals surface area contributed by atoms with E-state index < -0.39 is 5.60 Å². The van der Waals surface area contributed by atoms with Crippen LogP contribution in [0.15, 0.2) is 35.3 Å². The summed E-state index contributed by atoms with van der Waals surface area (Å²) >= 11 is 0. The molecule has 0 heterocycles. The number of guanidine groups is 1. The van der Waals surface area contributed by atoms with Gasteiger partial charge in [0.15, 0.2) is 5.96 Å². The van der Waals surface area contributed by atoms with Crippen LogP contribution >= 0.6 is 0 Å². The lowest BCUT2D eigenvalue weighted by Crippen LogP contribution is -2.45. The molecular weight excluding hydrogens is 278 g/mol. The highest BCUT2D eigenvalue weighted by molar-refractivity contribution is 5.79. The number of methoxy groups -OCH3 is 1. The Balaban J connectivity index is 2.69. The van der Waals surface area contributed by atoms with Crippen molar-refractivity contribution in [3.63, 3.8) is 0 Å². The standard InChI is InChI=1S/C17H29N3O2/c1-6-18-15(19-12-16(2,3)22-5)20-13-17(4,21)14-10-8-7-9-11-14/h7-11,21H,6,12-13H2,1-5H3,(H2,18,19,20). The number of rotatable bonds is 7. The molecule has 0 aliphatic heterocycles. The van der Waals surface area contributed by atoms with Crippen molar-refractivity contribution in [1.29, 1.82) is 0 Å². The Hall–Kier alpha value is -1.59. The van der Waals surface area contributed by atoms with Crippen molar-refractivity contribution < 1.29 is 9.84 Å². The third-order valence-corrected chi connectivity index (χ3v) is 3.51. The average molecular weight is 307 g/mol. The molecule has 0 saturated carbocycles. The molecule has 1 unspecified atom stereocenters. The molecule has 0 fully saturated rings. The summed E-state index contributed by atoms with van der Waals surface area (Å²) in [6.07, 6.45) is 0. The van der Waals surface area contributed by atoms with Crippen molar-refractivity contribution in [3.8, 4) is 0 Å². The van der Waals surface area contributed by atoms with E-state index in [1.807, 2.05) is 51.1 Å². The predicted octanol–water partition coefficient (Wildman–Crippen LogP) is 1.87. The first-order valence-electron chi connectivity index (χ1n) is 7.66. The number of nitrogens with one attached hydrogen (secondary N) is 2. The summed E-state index contributed by atoms with van der Waals surface area (Å²) in [5.74, 6) is 0.670. The quantitative estimate of drug-likeness (QED) is 0.531. The zero-order valence-electron chi connectivity index (χ0n) is 14.3. The van der Waals surface area contributed by atoms with Gasteiger partial charge in [-0.2, -0.15) is 0 Å². The third-order valence-electron chi connectivity index (χ3n) is 3.51. The molecule has 1 aromatic carbocycles. The van der Waals surface area contributed by atoms with Gasteiger partial charge in [0.05, 0.1) is 18.7 Å². The SMILES string of the molecule is CCNC(=NCC(C)(C)OC)NCC(C)(O)c1ccccc1. The fourth-order valence-electron chi connectivity index (χ4n) is 1.83. The third kappa shape index (κ3) is 6.03. The van der Waals surface area contributed by atoms with Gasteiger partial charge in [-0.05, 0) is 33.3 Å². The molecule has 22 heavy (non-hydrogen) atoms. The highest BCUT2D eigenvalue weighted by Crippen LogP contribution is 2.18. The average Bonchev–Trinajstić information content (AvgIpc) is 2.51. The largest absolute Gasteiger partial charge is 0.384 e. The van der Waals surface area contributed by atoms with Gasteiger partial charge < -0.3 is 20.5 Å². The van der Waals surface area contributed by atoms with Gasteiger partial charge in [0.25, 0.3) is 0 Å². The first-order valence-corrected chi connectivity index (χ1v) is 7.66. The van der Waals surface area contributed by atoms with Crippen LogP contribution < -0.4 is 10.6 Å². The molecule has 1 rings (SSSR count). The second-order valence-electron chi connectivity index (χ2n) is 6.15. The maximum Gasteiger partial charge on any atom is 0.191 e. The number of hydrogen-bond acceptors (Lipinski definition) is 3. The van der Waals surface area contributed by atoms with Gasteiger partial charge in [0.2, 0.25) is 0 Å². The van der Waals surface area contributed by atoms with Crippen molar-refractivity contribution in [2.45, 2.75) is 38.9 Å². The molecule has 0 saturated heterocycles. The lowest BCUT2D eigenvalue weighted by atomic mass is 9.96. The Labute approximate surface area is 133 Å². The van der Waals surface area contributed by atoms with E-state index >= 15 is 0 Å². The van der Waals surface area contributed by atoms with Crippen LogP contribution in [-0.2, 0) is 10.3 Å². The Kier molecular flexibility index (Phi) is 6.84. The first kappa shape index (κ1) is 18.5. The summed E-state index contributed by atoms with van der Waals surface area (Å²) in [7, 11) is 1.68. The van der Waals surface area contributed by atoms with Crippen molar-refractivity contribution in [1.82, 2.24) is 10.6 Å². The van der Waals surface area contributed by atoms with Gasteiger partial charge in [0.1, 0.15) is 5.60 Å². The summed E-state index contributed by atoms with van der Waals surface area (Å²) in [5.41, 5.74) is -0.408. The first-order chi connectivity index (χ1) is 10.3. The molecule has 0 aromatic heterocycles. The van der Waals surface area contributed by atoms with E-state index in [4.69, 9.17) is 4.74 Å². The van der Waals surface area contributed by atoms with Gasteiger partial charge in [-0.25, -0.2) is 0 Å². The second kappa shape index (κ2) is 8.15. The number of hydrogen-bond donors (Lipinski definition) is 3. The minimum absolute atomic E-state index is 0.315. The zero-order chi connectivity index (χ0) is 16.6. The van der Waals surface area contributed by atoms with Crippen LogP contribution in [0.3, 0.4) is 0 Å². The predicted molar refractivity (Wildman–Crippen MR) is 91.1 cm³/mol. The minimum atomic E-state index is -0.964. The normalized spacial score (nSPS) is 15.3. The van der Waals surface area contributed by atoms with Crippen molar-refractivity contribution >= 4 is 5.96 Å². The molecule has 5 heteroatoms. The van der Waals surface area contributed by atoms with E-state index in [0.29, 0.717) is 19.0 Å². The fourth-order valence-corrected chi connectivity index (χ4v) is 1.83. The molecule has 1 atom stereocenters. The van der Waals surface area contributed by atoms with Crippen molar-refractivity contribution in [3.05, 3.63) is 35.9 Å². The number of aliphatic imine (C=N–C) groups is 1. The lowest BCUT2D eigenvalue weighted by molar-refractivity contribution is 0.0310. The Morgan fingerprint density at radius 3 is 2.36 bits per heavy atom. The Bertz CT molecular complexity index is 470. The monoisotopic (exact) mass is 307 g/mol. The summed E-state index contributed by atoms with van der Waals surface area (Å²) in [5, 5.41) is 17.0. The maximum atomic E-state index is 10.6. The number of benzene rings is 1. The topological polar surface area (TPSA) is 65.9 Å². The van der Waals surface area contributed by atoms with Crippen LogP contribution in [0, 0.1) is 0 Å². The molecule has 0 aliphatic carbocycles. The van der Waals surface area contributed by atoms with E-state index in [1.54, 1.807) is 14.0 Å². The fraction of sp³-hybridized carbons (Fsp3) is 0.588. The van der Waals surface area contributed by atoms with Crippen LogP contribution in [-0.4, -0.2) is 43.4 Å². The lowest BCUT2D eigenvalue weighted by Gasteiger charge is -2.26. The van der Waals surface area contributed by atoms with Crippen molar-refractivity contribution in [2.24, 2.45) is 4.99 Å². The van der Waals surface area contributed by atoms with E-state index in [-0.39, 0.29) is 5.60 Å². The molecule has 0 spiro atoms. The van der Waals surface area contributed by atoms with E-state index in [1.165, 1.54) is 0 Å². The van der Waals surface area contributed by atoms with Crippen LogP contribution in [0.25, 0.3) is 0 Å². The summed E-state index contributed by atoms with van der Waals surface area (Å²) in [6, 6.07) is 9.61. The van der Waals surface area contributed by atoms with Gasteiger partial charge in [-0.3, -0.25) is 4.99 Å². The Morgan fingerprint density at radius 2 is 1.82 bits per heavy atom. The number of ether oxygens (including phenoxy) is 1. The van der Waals surface area contributed by atoms with Crippen LogP contribution in [0.4, 0.5) is 0 Å². The minimum Gasteiger partial charge on any atom is -0.384 e. The van der Waals surface area contributed by atoms with Gasteiger partial charge >= 0.3 is 0 Å². The van der Waals surface area contributed by atoms with Crippen molar-refractivity contribution in [2.75, 3.05) is 26.7 Å². The highest BCUT2D eigenvalue weighted by atomic mass is 16.5. The van der Waals surface area contributed by atoms with Crippen LogP contribution in [0.5, 0.6) is 0 Å². The number of aliphatic hydroxyl groups is 1. The smallest absolute Gasteiger partial charge is 0.191 e.